The first kappa shape index (κ1) is 14.5. The first-order valence-electron chi connectivity index (χ1n) is 6.44. The topological polar surface area (TPSA) is 75.6 Å². The van der Waals surface area contributed by atoms with Gasteiger partial charge in [-0.3, -0.25) is 0 Å². The second-order valence-electron chi connectivity index (χ2n) is 4.57. The Morgan fingerprint density at radius 1 is 1.33 bits per heavy atom. The highest BCUT2D eigenvalue weighted by molar-refractivity contribution is 5.85. The first-order chi connectivity index (χ1) is 8.59. The van der Waals surface area contributed by atoms with Crippen molar-refractivity contribution in [2.45, 2.75) is 51.6 Å². The normalized spacial score (nSPS) is 17.3. The fraction of sp³-hybridized carbons (Fsp3) is 0.692. The fourth-order valence-electron chi connectivity index (χ4n) is 1.93. The van der Waals surface area contributed by atoms with Gasteiger partial charge in [0.1, 0.15) is 6.10 Å². The van der Waals surface area contributed by atoms with E-state index in [0.717, 1.165) is 25.7 Å². The fourth-order valence-corrected chi connectivity index (χ4v) is 1.93. The van der Waals surface area contributed by atoms with E-state index >= 15 is 0 Å². The molecule has 5 nitrogen and oxygen atoms in total. The summed E-state index contributed by atoms with van der Waals surface area (Å²) in [4.78, 5) is 21.9. The van der Waals surface area contributed by atoms with E-state index in [-0.39, 0.29) is 11.7 Å². The van der Waals surface area contributed by atoms with Crippen LogP contribution in [0.1, 0.15) is 45.4 Å². The molecule has 1 fully saturated rings. The third-order valence-electron chi connectivity index (χ3n) is 3.03. The molecule has 18 heavy (non-hydrogen) atoms. The van der Waals surface area contributed by atoms with Crippen LogP contribution in [0.4, 0.5) is 4.79 Å². The van der Waals surface area contributed by atoms with Crippen molar-refractivity contribution in [2.24, 2.45) is 0 Å². The lowest BCUT2D eigenvalue weighted by molar-refractivity contribution is -0.132. The molecule has 0 atom stereocenters. The molecule has 1 saturated carbocycles. The molecule has 0 bridgehead atoms. The Kier molecular flexibility index (Phi) is 6.25. The molecule has 0 saturated heterocycles. The van der Waals surface area contributed by atoms with Crippen LogP contribution >= 0.6 is 0 Å². The van der Waals surface area contributed by atoms with Gasteiger partial charge in [0.2, 0.25) is 0 Å². The molecule has 0 aromatic rings. The zero-order valence-electron chi connectivity index (χ0n) is 10.8. The highest BCUT2D eigenvalue weighted by atomic mass is 16.6. The molecule has 1 rings (SSSR count). The molecule has 0 aliphatic heterocycles. The SMILES string of the molecule is CC(=CCCNC(=O)OC1CCCCC1)C(=O)O. The summed E-state index contributed by atoms with van der Waals surface area (Å²) in [6.45, 7) is 1.93. The van der Waals surface area contributed by atoms with Crippen LogP contribution in [0.5, 0.6) is 0 Å². The molecule has 1 aliphatic rings. The van der Waals surface area contributed by atoms with Crippen molar-refractivity contribution in [3.63, 3.8) is 0 Å². The minimum Gasteiger partial charge on any atom is -0.478 e. The predicted molar refractivity (Wildman–Crippen MR) is 67.4 cm³/mol. The maximum absolute atomic E-state index is 11.4. The quantitative estimate of drug-likeness (QED) is 0.584. The number of aliphatic carboxylic acids is 1. The number of alkyl carbamates (subject to hydrolysis) is 1. The van der Waals surface area contributed by atoms with Crippen molar-refractivity contribution < 1.29 is 19.4 Å². The summed E-state index contributed by atoms with van der Waals surface area (Å²) in [5.74, 6) is -0.931. The molecule has 0 aromatic heterocycles. The molecule has 0 spiro atoms. The zero-order chi connectivity index (χ0) is 13.4. The lowest BCUT2D eigenvalue weighted by atomic mass is 9.98. The van der Waals surface area contributed by atoms with Crippen LogP contribution in [0.2, 0.25) is 0 Å². The molecule has 5 heteroatoms. The minimum absolute atomic E-state index is 0.0510. The number of carboxylic acids is 1. The molecule has 0 aromatic carbocycles. The van der Waals surface area contributed by atoms with Gasteiger partial charge in [0.25, 0.3) is 0 Å². The van der Waals surface area contributed by atoms with Crippen LogP contribution in [0.25, 0.3) is 0 Å². The lowest BCUT2D eigenvalue weighted by Gasteiger charge is -2.21. The first-order valence-corrected chi connectivity index (χ1v) is 6.44. The van der Waals surface area contributed by atoms with Crippen molar-refractivity contribution in [2.75, 3.05) is 6.54 Å². The van der Waals surface area contributed by atoms with Gasteiger partial charge in [-0.2, -0.15) is 0 Å². The van der Waals surface area contributed by atoms with E-state index in [0.29, 0.717) is 13.0 Å². The van der Waals surface area contributed by atoms with Gasteiger partial charge >= 0.3 is 12.1 Å². The number of carbonyl (C=O) groups is 2. The van der Waals surface area contributed by atoms with Crippen molar-refractivity contribution in [3.05, 3.63) is 11.6 Å². The summed E-state index contributed by atoms with van der Waals surface area (Å²) < 4.78 is 5.26. The molecular formula is C13H21NO4. The Morgan fingerprint density at radius 2 is 2.00 bits per heavy atom. The highest BCUT2D eigenvalue weighted by Crippen LogP contribution is 2.20. The van der Waals surface area contributed by atoms with Gasteiger partial charge in [0, 0.05) is 12.1 Å². The third-order valence-corrected chi connectivity index (χ3v) is 3.03. The third kappa shape index (κ3) is 5.70. The van der Waals surface area contributed by atoms with Crippen LogP contribution in [-0.2, 0) is 9.53 Å². The Balaban J connectivity index is 2.13. The second kappa shape index (κ2) is 7.74. The van der Waals surface area contributed by atoms with Crippen LogP contribution in [0.15, 0.2) is 11.6 Å². The summed E-state index contributed by atoms with van der Waals surface area (Å²) >= 11 is 0. The number of ether oxygens (including phenoxy) is 1. The van der Waals surface area contributed by atoms with Gasteiger partial charge in [0.05, 0.1) is 0 Å². The maximum Gasteiger partial charge on any atom is 0.407 e. The summed E-state index contributed by atoms with van der Waals surface area (Å²) in [5.41, 5.74) is 0.289. The summed E-state index contributed by atoms with van der Waals surface area (Å²) in [6.07, 6.45) is 7.11. The number of nitrogens with one attached hydrogen (secondary N) is 1. The number of rotatable bonds is 5. The molecule has 0 unspecified atom stereocenters. The van der Waals surface area contributed by atoms with Gasteiger partial charge in [-0.05, 0) is 39.0 Å². The van der Waals surface area contributed by atoms with Crippen molar-refractivity contribution in [3.8, 4) is 0 Å². The molecule has 2 N–H and O–H groups in total. The van der Waals surface area contributed by atoms with Crippen molar-refractivity contribution >= 4 is 12.1 Å². The molecule has 1 amide bonds. The summed E-state index contributed by atoms with van der Waals surface area (Å²) in [6, 6.07) is 0. The van der Waals surface area contributed by atoms with E-state index in [2.05, 4.69) is 5.32 Å². The van der Waals surface area contributed by atoms with E-state index < -0.39 is 12.1 Å². The monoisotopic (exact) mass is 255 g/mol. The summed E-state index contributed by atoms with van der Waals surface area (Å²) in [7, 11) is 0. The predicted octanol–water partition coefficient (Wildman–Crippen LogP) is 2.47. The minimum atomic E-state index is -0.931. The van der Waals surface area contributed by atoms with Gasteiger partial charge in [-0.25, -0.2) is 9.59 Å². The van der Waals surface area contributed by atoms with Crippen LogP contribution in [0, 0.1) is 0 Å². The Labute approximate surface area is 107 Å². The van der Waals surface area contributed by atoms with Crippen LogP contribution in [-0.4, -0.2) is 29.8 Å². The molecule has 1 aliphatic carbocycles. The standard InChI is InChI=1S/C13H21NO4/c1-10(12(15)16)6-5-9-14-13(17)18-11-7-3-2-4-8-11/h6,11H,2-5,7-9H2,1H3,(H,14,17)(H,15,16). The van der Waals surface area contributed by atoms with Gasteiger partial charge < -0.3 is 15.2 Å². The molecule has 0 radical (unpaired) electrons. The molecular weight excluding hydrogens is 234 g/mol. The molecule has 0 heterocycles. The highest BCUT2D eigenvalue weighted by Gasteiger charge is 2.16. The zero-order valence-corrected chi connectivity index (χ0v) is 10.8. The Morgan fingerprint density at radius 3 is 2.61 bits per heavy atom. The van der Waals surface area contributed by atoms with Gasteiger partial charge in [-0.1, -0.05) is 12.5 Å². The molecule has 102 valence electrons. The smallest absolute Gasteiger partial charge is 0.407 e. The largest absolute Gasteiger partial charge is 0.478 e. The van der Waals surface area contributed by atoms with E-state index in [1.165, 1.54) is 13.3 Å². The number of carbonyl (C=O) groups excluding carboxylic acids is 1. The average molecular weight is 255 g/mol. The number of hydrogen-bond donors (Lipinski definition) is 2. The van der Waals surface area contributed by atoms with E-state index in [1.807, 2.05) is 0 Å². The van der Waals surface area contributed by atoms with Crippen LogP contribution in [0.3, 0.4) is 0 Å². The maximum atomic E-state index is 11.4. The van der Waals surface area contributed by atoms with Crippen molar-refractivity contribution in [1.82, 2.24) is 5.32 Å². The average Bonchev–Trinajstić information content (AvgIpc) is 2.35. The number of hydrogen-bond acceptors (Lipinski definition) is 3. The second-order valence-corrected chi connectivity index (χ2v) is 4.57. The Bertz CT molecular complexity index is 319. The van der Waals surface area contributed by atoms with E-state index in [1.54, 1.807) is 6.08 Å². The summed E-state index contributed by atoms with van der Waals surface area (Å²) in [5, 5.41) is 11.3. The Hall–Kier alpha value is -1.52. The number of carboxylic acid groups (broad SMARTS) is 1. The van der Waals surface area contributed by atoms with Crippen LogP contribution < -0.4 is 5.32 Å². The number of amides is 1. The van der Waals surface area contributed by atoms with Gasteiger partial charge in [0.15, 0.2) is 0 Å². The van der Waals surface area contributed by atoms with E-state index in [9.17, 15) is 9.59 Å². The van der Waals surface area contributed by atoms with Crippen molar-refractivity contribution in [1.29, 1.82) is 0 Å². The van der Waals surface area contributed by atoms with E-state index in [4.69, 9.17) is 9.84 Å². The van der Waals surface area contributed by atoms with Gasteiger partial charge in [-0.15, -0.1) is 0 Å². The lowest BCUT2D eigenvalue weighted by Crippen LogP contribution is -2.30.